The first kappa shape index (κ1) is 13.4. The van der Waals surface area contributed by atoms with E-state index in [9.17, 15) is 14.4 Å². The number of primary amides is 1. The first-order chi connectivity index (χ1) is 6.68. The third-order valence-corrected chi connectivity index (χ3v) is 2.14. The van der Waals surface area contributed by atoms with Gasteiger partial charge in [-0.25, -0.2) is 0 Å². The van der Waals surface area contributed by atoms with Crippen molar-refractivity contribution in [1.82, 2.24) is 5.32 Å². The van der Waals surface area contributed by atoms with Gasteiger partial charge in [0.2, 0.25) is 11.8 Å². The summed E-state index contributed by atoms with van der Waals surface area (Å²) < 4.78 is 0. The molecule has 0 heterocycles. The Morgan fingerprint density at radius 3 is 2.20 bits per heavy atom. The Bertz CT molecular complexity index is 286. The van der Waals surface area contributed by atoms with Crippen molar-refractivity contribution in [2.75, 3.05) is 6.54 Å². The van der Waals surface area contributed by atoms with Crippen molar-refractivity contribution in [3.63, 3.8) is 0 Å². The third-order valence-electron chi connectivity index (χ3n) is 2.14. The minimum absolute atomic E-state index is 0.0266. The number of rotatable bonds is 5. The van der Waals surface area contributed by atoms with Crippen LogP contribution in [-0.2, 0) is 14.4 Å². The summed E-state index contributed by atoms with van der Waals surface area (Å²) in [5.41, 5.74) is 4.20. The molecule has 0 aliphatic heterocycles. The molecule has 1 unspecified atom stereocenters. The Labute approximate surface area is 87.8 Å². The number of hydrogen-bond acceptors (Lipinski definition) is 3. The van der Waals surface area contributed by atoms with Gasteiger partial charge in [0.1, 0.15) is 5.92 Å². The average molecular weight is 216 g/mol. The molecule has 0 spiro atoms. The number of nitrogens with two attached hydrogens (primary N) is 1. The van der Waals surface area contributed by atoms with Crippen molar-refractivity contribution in [2.45, 2.75) is 20.8 Å². The molecule has 1 atom stereocenters. The second-order valence-electron chi connectivity index (χ2n) is 4.03. The highest BCUT2D eigenvalue weighted by molar-refractivity contribution is 5.96. The molecule has 0 rings (SSSR count). The topological polar surface area (TPSA) is 109 Å². The highest BCUT2D eigenvalue weighted by Crippen LogP contribution is 2.12. The minimum atomic E-state index is -1.20. The predicted molar refractivity (Wildman–Crippen MR) is 52.8 cm³/mol. The average Bonchev–Trinajstić information content (AvgIpc) is 2.12. The van der Waals surface area contributed by atoms with Crippen LogP contribution in [0.25, 0.3) is 0 Å². The van der Waals surface area contributed by atoms with E-state index < -0.39 is 29.1 Å². The van der Waals surface area contributed by atoms with Gasteiger partial charge in [0.05, 0.1) is 5.41 Å². The van der Waals surface area contributed by atoms with Gasteiger partial charge in [0.15, 0.2) is 0 Å². The Kier molecular flexibility index (Phi) is 4.26. The third kappa shape index (κ3) is 3.97. The Morgan fingerprint density at radius 2 is 1.87 bits per heavy atom. The van der Waals surface area contributed by atoms with E-state index in [0.29, 0.717) is 0 Å². The van der Waals surface area contributed by atoms with E-state index in [-0.39, 0.29) is 6.54 Å². The number of carboxylic acid groups (broad SMARTS) is 1. The summed E-state index contributed by atoms with van der Waals surface area (Å²) in [5.74, 6) is -3.51. The highest BCUT2D eigenvalue weighted by Gasteiger charge is 2.27. The number of carbonyl (C=O) groups is 3. The Morgan fingerprint density at radius 1 is 1.40 bits per heavy atom. The SMILES string of the molecule is CC(C(=O)O)C(=O)NCC(C)(C)C(N)=O. The van der Waals surface area contributed by atoms with Gasteiger partial charge in [0, 0.05) is 6.54 Å². The van der Waals surface area contributed by atoms with Crippen LogP contribution in [0.4, 0.5) is 0 Å². The monoisotopic (exact) mass is 216 g/mol. The highest BCUT2D eigenvalue weighted by atomic mass is 16.4. The summed E-state index contributed by atoms with van der Waals surface area (Å²) in [7, 11) is 0. The van der Waals surface area contributed by atoms with Gasteiger partial charge in [-0.2, -0.15) is 0 Å². The maximum absolute atomic E-state index is 11.2. The molecule has 86 valence electrons. The zero-order valence-corrected chi connectivity index (χ0v) is 9.03. The van der Waals surface area contributed by atoms with Crippen molar-refractivity contribution in [2.24, 2.45) is 17.1 Å². The van der Waals surface area contributed by atoms with Crippen molar-refractivity contribution in [3.05, 3.63) is 0 Å². The van der Waals surface area contributed by atoms with Crippen molar-refractivity contribution in [1.29, 1.82) is 0 Å². The number of aliphatic carboxylic acids is 1. The predicted octanol–water partition coefficient (Wildman–Crippen LogP) is -0.665. The summed E-state index contributed by atoms with van der Waals surface area (Å²) in [5, 5.41) is 10.9. The molecule has 2 amide bonds. The number of carbonyl (C=O) groups excluding carboxylic acids is 2. The van der Waals surface area contributed by atoms with Crippen LogP contribution in [0.15, 0.2) is 0 Å². The fourth-order valence-corrected chi connectivity index (χ4v) is 0.660. The first-order valence-electron chi connectivity index (χ1n) is 4.49. The van der Waals surface area contributed by atoms with E-state index in [1.54, 1.807) is 13.8 Å². The molecule has 0 saturated heterocycles. The van der Waals surface area contributed by atoms with Gasteiger partial charge >= 0.3 is 5.97 Å². The lowest BCUT2D eigenvalue weighted by Crippen LogP contribution is -2.44. The van der Waals surface area contributed by atoms with E-state index in [4.69, 9.17) is 10.8 Å². The van der Waals surface area contributed by atoms with Crippen LogP contribution in [0, 0.1) is 11.3 Å². The second kappa shape index (κ2) is 4.77. The zero-order chi connectivity index (χ0) is 12.2. The summed E-state index contributed by atoms with van der Waals surface area (Å²) in [6.07, 6.45) is 0. The lowest BCUT2D eigenvalue weighted by atomic mass is 9.92. The fraction of sp³-hybridized carbons (Fsp3) is 0.667. The van der Waals surface area contributed by atoms with Crippen molar-refractivity contribution >= 4 is 17.8 Å². The Hall–Kier alpha value is -1.59. The quantitative estimate of drug-likeness (QED) is 0.529. The summed E-state index contributed by atoms with van der Waals surface area (Å²) in [6.45, 7) is 4.44. The molecule has 0 fully saturated rings. The molecule has 0 radical (unpaired) electrons. The van der Waals surface area contributed by atoms with Gasteiger partial charge < -0.3 is 16.2 Å². The van der Waals surface area contributed by atoms with Crippen LogP contribution in [0.1, 0.15) is 20.8 Å². The summed E-state index contributed by atoms with van der Waals surface area (Å²) in [6, 6.07) is 0. The van der Waals surface area contributed by atoms with Gasteiger partial charge in [-0.3, -0.25) is 14.4 Å². The number of hydrogen-bond donors (Lipinski definition) is 3. The van der Waals surface area contributed by atoms with E-state index in [1.165, 1.54) is 6.92 Å². The molecule has 0 aromatic heterocycles. The maximum atomic E-state index is 11.2. The van der Waals surface area contributed by atoms with Crippen LogP contribution in [0.3, 0.4) is 0 Å². The number of amides is 2. The molecule has 0 saturated carbocycles. The van der Waals surface area contributed by atoms with E-state index in [1.807, 2.05) is 0 Å². The summed E-state index contributed by atoms with van der Waals surface area (Å²) >= 11 is 0. The number of nitrogens with one attached hydrogen (secondary N) is 1. The molecular weight excluding hydrogens is 200 g/mol. The standard InChI is InChI=1S/C9H16N2O4/c1-5(7(13)14)6(12)11-4-9(2,3)8(10)15/h5H,4H2,1-3H3,(H2,10,15)(H,11,12)(H,13,14). The van der Waals surface area contributed by atoms with E-state index in [0.717, 1.165) is 0 Å². The molecule has 0 aliphatic carbocycles. The van der Waals surface area contributed by atoms with E-state index in [2.05, 4.69) is 5.32 Å². The largest absolute Gasteiger partial charge is 0.481 e. The van der Waals surface area contributed by atoms with E-state index >= 15 is 0 Å². The number of carboxylic acids is 1. The van der Waals surface area contributed by atoms with Crippen molar-refractivity contribution < 1.29 is 19.5 Å². The van der Waals surface area contributed by atoms with Gasteiger partial charge in [-0.1, -0.05) is 0 Å². The zero-order valence-electron chi connectivity index (χ0n) is 9.03. The molecule has 15 heavy (non-hydrogen) atoms. The van der Waals surface area contributed by atoms with Crippen LogP contribution in [-0.4, -0.2) is 29.4 Å². The fourth-order valence-electron chi connectivity index (χ4n) is 0.660. The first-order valence-corrected chi connectivity index (χ1v) is 4.49. The van der Waals surface area contributed by atoms with Crippen molar-refractivity contribution in [3.8, 4) is 0 Å². The van der Waals surface area contributed by atoms with Crippen LogP contribution < -0.4 is 11.1 Å². The molecule has 0 bridgehead atoms. The normalized spacial score (nSPS) is 13.0. The molecule has 6 nitrogen and oxygen atoms in total. The Balaban J connectivity index is 4.23. The lowest BCUT2D eigenvalue weighted by Gasteiger charge is -2.21. The molecule has 0 aromatic carbocycles. The molecule has 6 heteroatoms. The molecule has 0 aromatic rings. The maximum Gasteiger partial charge on any atom is 0.315 e. The molecule has 4 N–H and O–H groups in total. The molecular formula is C9H16N2O4. The minimum Gasteiger partial charge on any atom is -0.481 e. The van der Waals surface area contributed by atoms with Gasteiger partial charge in [0.25, 0.3) is 0 Å². The van der Waals surface area contributed by atoms with Crippen LogP contribution in [0.2, 0.25) is 0 Å². The lowest BCUT2D eigenvalue weighted by molar-refractivity contribution is -0.146. The van der Waals surface area contributed by atoms with Crippen LogP contribution >= 0.6 is 0 Å². The smallest absolute Gasteiger partial charge is 0.315 e. The molecule has 0 aliphatic rings. The second-order valence-corrected chi connectivity index (χ2v) is 4.03. The van der Waals surface area contributed by atoms with Gasteiger partial charge in [-0.15, -0.1) is 0 Å². The summed E-state index contributed by atoms with van der Waals surface area (Å²) in [4.78, 5) is 32.5. The van der Waals surface area contributed by atoms with Crippen LogP contribution in [0.5, 0.6) is 0 Å². The van der Waals surface area contributed by atoms with Gasteiger partial charge in [-0.05, 0) is 20.8 Å².